The summed E-state index contributed by atoms with van der Waals surface area (Å²) in [6.07, 6.45) is 0.856. The third-order valence-electron chi connectivity index (χ3n) is 3.37. The first-order valence-electron chi connectivity index (χ1n) is 7.08. The minimum absolute atomic E-state index is 0.0524. The highest BCUT2D eigenvalue weighted by molar-refractivity contribution is 5.93. The fourth-order valence-corrected chi connectivity index (χ4v) is 2.22. The number of nitrogens with one attached hydrogen (secondary N) is 2. The Bertz CT molecular complexity index is 686. The molecule has 0 bridgehead atoms. The van der Waals surface area contributed by atoms with E-state index in [1.807, 2.05) is 32.0 Å². The second-order valence-corrected chi connectivity index (χ2v) is 4.99. The first-order valence-corrected chi connectivity index (χ1v) is 7.08. The monoisotopic (exact) mass is 304 g/mol. The van der Waals surface area contributed by atoms with Gasteiger partial charge in [-0.25, -0.2) is 8.78 Å². The van der Waals surface area contributed by atoms with Crippen LogP contribution in [0.15, 0.2) is 36.4 Å². The van der Waals surface area contributed by atoms with Gasteiger partial charge in [0.1, 0.15) is 0 Å². The second kappa shape index (κ2) is 7.02. The lowest BCUT2D eigenvalue weighted by Crippen LogP contribution is -2.22. The van der Waals surface area contributed by atoms with Crippen LogP contribution in [0.5, 0.6) is 0 Å². The van der Waals surface area contributed by atoms with Crippen molar-refractivity contribution in [2.45, 2.75) is 20.3 Å². The SMILES string of the molecule is CCc1cccc(C)c1NCC(=O)Nc1ccc(F)c(F)c1. The van der Waals surface area contributed by atoms with Gasteiger partial charge in [0.05, 0.1) is 6.54 Å². The van der Waals surface area contributed by atoms with Gasteiger partial charge in [0.25, 0.3) is 0 Å². The molecule has 1 amide bonds. The van der Waals surface area contributed by atoms with Gasteiger partial charge in [-0.3, -0.25) is 4.79 Å². The number of rotatable bonds is 5. The molecule has 2 rings (SSSR count). The van der Waals surface area contributed by atoms with Crippen molar-refractivity contribution in [3.63, 3.8) is 0 Å². The van der Waals surface area contributed by atoms with E-state index in [9.17, 15) is 13.6 Å². The molecule has 5 heteroatoms. The maximum Gasteiger partial charge on any atom is 0.243 e. The average molecular weight is 304 g/mol. The number of carbonyl (C=O) groups excluding carboxylic acids is 1. The Morgan fingerprint density at radius 3 is 2.59 bits per heavy atom. The minimum atomic E-state index is -0.988. The van der Waals surface area contributed by atoms with Crippen molar-refractivity contribution in [2.24, 2.45) is 0 Å². The molecule has 0 fully saturated rings. The zero-order valence-corrected chi connectivity index (χ0v) is 12.5. The van der Waals surface area contributed by atoms with Gasteiger partial charge in [0.2, 0.25) is 5.91 Å². The lowest BCUT2D eigenvalue weighted by molar-refractivity contribution is -0.114. The molecule has 0 aliphatic rings. The van der Waals surface area contributed by atoms with Gasteiger partial charge in [-0.05, 0) is 36.6 Å². The van der Waals surface area contributed by atoms with Crippen molar-refractivity contribution >= 4 is 17.3 Å². The second-order valence-electron chi connectivity index (χ2n) is 4.99. The Morgan fingerprint density at radius 2 is 1.91 bits per heavy atom. The fraction of sp³-hybridized carbons (Fsp3) is 0.235. The van der Waals surface area contributed by atoms with Crippen molar-refractivity contribution < 1.29 is 13.6 Å². The lowest BCUT2D eigenvalue weighted by atomic mass is 10.1. The third kappa shape index (κ3) is 3.81. The number of aryl methyl sites for hydroxylation is 2. The molecule has 2 N–H and O–H groups in total. The largest absolute Gasteiger partial charge is 0.376 e. The predicted molar refractivity (Wildman–Crippen MR) is 84.0 cm³/mol. The van der Waals surface area contributed by atoms with Gasteiger partial charge in [0, 0.05) is 17.4 Å². The molecule has 0 atom stereocenters. The Morgan fingerprint density at radius 1 is 1.14 bits per heavy atom. The summed E-state index contributed by atoms with van der Waals surface area (Å²) in [5.74, 6) is -2.25. The van der Waals surface area contributed by atoms with Crippen LogP contribution in [0, 0.1) is 18.6 Å². The third-order valence-corrected chi connectivity index (χ3v) is 3.37. The van der Waals surface area contributed by atoms with Gasteiger partial charge in [-0.1, -0.05) is 25.1 Å². The van der Waals surface area contributed by atoms with Gasteiger partial charge in [-0.2, -0.15) is 0 Å². The number of amides is 1. The average Bonchev–Trinajstić information content (AvgIpc) is 2.49. The summed E-state index contributed by atoms with van der Waals surface area (Å²) in [6.45, 7) is 4.06. The van der Waals surface area contributed by atoms with Gasteiger partial charge in [0.15, 0.2) is 11.6 Å². The molecule has 0 spiro atoms. The summed E-state index contributed by atoms with van der Waals surface area (Å²) in [4.78, 5) is 11.9. The zero-order chi connectivity index (χ0) is 16.1. The highest BCUT2D eigenvalue weighted by atomic mass is 19.2. The van der Waals surface area contributed by atoms with E-state index >= 15 is 0 Å². The van der Waals surface area contributed by atoms with E-state index in [1.54, 1.807) is 0 Å². The molecule has 0 unspecified atom stereocenters. The van der Waals surface area contributed by atoms with Crippen LogP contribution in [0.4, 0.5) is 20.2 Å². The van der Waals surface area contributed by atoms with Crippen molar-refractivity contribution in [1.29, 1.82) is 0 Å². The van der Waals surface area contributed by atoms with E-state index in [4.69, 9.17) is 0 Å². The zero-order valence-electron chi connectivity index (χ0n) is 12.5. The number of hydrogen-bond acceptors (Lipinski definition) is 2. The Hall–Kier alpha value is -2.43. The Kier molecular flexibility index (Phi) is 5.09. The maximum atomic E-state index is 13.1. The molecule has 116 valence electrons. The lowest BCUT2D eigenvalue weighted by Gasteiger charge is -2.14. The van der Waals surface area contributed by atoms with E-state index in [1.165, 1.54) is 6.07 Å². The van der Waals surface area contributed by atoms with Crippen LogP contribution < -0.4 is 10.6 Å². The first kappa shape index (κ1) is 15.9. The number of carbonyl (C=O) groups is 1. The molecular weight excluding hydrogens is 286 g/mol. The summed E-state index contributed by atoms with van der Waals surface area (Å²) in [5, 5.41) is 5.63. The van der Waals surface area contributed by atoms with Crippen molar-refractivity contribution in [3.05, 3.63) is 59.2 Å². The molecule has 0 aliphatic heterocycles. The van der Waals surface area contributed by atoms with E-state index in [0.717, 1.165) is 35.4 Å². The van der Waals surface area contributed by atoms with Crippen molar-refractivity contribution in [3.8, 4) is 0 Å². The minimum Gasteiger partial charge on any atom is -0.376 e. The normalized spacial score (nSPS) is 10.4. The molecule has 22 heavy (non-hydrogen) atoms. The molecular formula is C17H18F2N2O. The highest BCUT2D eigenvalue weighted by Crippen LogP contribution is 2.20. The summed E-state index contributed by atoms with van der Waals surface area (Å²) in [6, 6.07) is 9.20. The van der Waals surface area contributed by atoms with Crippen LogP contribution in [-0.2, 0) is 11.2 Å². The van der Waals surface area contributed by atoms with Gasteiger partial charge in [-0.15, -0.1) is 0 Å². The van der Waals surface area contributed by atoms with Gasteiger partial charge >= 0.3 is 0 Å². The fourth-order valence-electron chi connectivity index (χ4n) is 2.22. The van der Waals surface area contributed by atoms with Crippen LogP contribution >= 0.6 is 0 Å². The predicted octanol–water partition coefficient (Wildman–Crippen LogP) is 3.89. The van der Waals surface area contributed by atoms with E-state index in [-0.39, 0.29) is 18.1 Å². The molecule has 2 aromatic carbocycles. The summed E-state index contributed by atoms with van der Waals surface area (Å²) in [7, 11) is 0. The summed E-state index contributed by atoms with van der Waals surface area (Å²) >= 11 is 0. The summed E-state index contributed by atoms with van der Waals surface area (Å²) in [5.41, 5.74) is 3.34. The Balaban J connectivity index is 2.00. The van der Waals surface area contributed by atoms with Gasteiger partial charge < -0.3 is 10.6 Å². The number of benzene rings is 2. The highest BCUT2D eigenvalue weighted by Gasteiger charge is 2.08. The molecule has 0 saturated carbocycles. The molecule has 0 aliphatic carbocycles. The van der Waals surface area contributed by atoms with Crippen LogP contribution in [-0.4, -0.2) is 12.5 Å². The van der Waals surface area contributed by atoms with Crippen molar-refractivity contribution in [2.75, 3.05) is 17.2 Å². The quantitative estimate of drug-likeness (QED) is 0.880. The topological polar surface area (TPSA) is 41.1 Å². The Labute approximate surface area is 128 Å². The number of hydrogen-bond donors (Lipinski definition) is 2. The van der Waals surface area contributed by atoms with E-state index in [2.05, 4.69) is 10.6 Å². The molecule has 0 aromatic heterocycles. The van der Waals surface area contributed by atoms with Crippen molar-refractivity contribution in [1.82, 2.24) is 0 Å². The number of halogens is 2. The molecule has 3 nitrogen and oxygen atoms in total. The standard InChI is InChI=1S/C17H18F2N2O/c1-3-12-6-4-5-11(2)17(12)20-10-16(22)21-13-7-8-14(18)15(19)9-13/h4-9,20H,3,10H2,1-2H3,(H,21,22). The molecule has 2 aromatic rings. The number of para-hydroxylation sites is 1. The smallest absolute Gasteiger partial charge is 0.243 e. The van der Waals surface area contributed by atoms with Crippen LogP contribution in [0.3, 0.4) is 0 Å². The molecule has 0 radical (unpaired) electrons. The van der Waals surface area contributed by atoms with Crippen LogP contribution in [0.2, 0.25) is 0 Å². The summed E-state index contributed by atoms with van der Waals surface area (Å²) < 4.78 is 25.9. The van der Waals surface area contributed by atoms with E-state index in [0.29, 0.717) is 0 Å². The number of anilines is 2. The molecule has 0 saturated heterocycles. The van der Waals surface area contributed by atoms with Crippen LogP contribution in [0.25, 0.3) is 0 Å². The first-order chi connectivity index (χ1) is 10.5. The van der Waals surface area contributed by atoms with Crippen LogP contribution in [0.1, 0.15) is 18.1 Å². The molecule has 0 heterocycles. The maximum absolute atomic E-state index is 13.1. The van der Waals surface area contributed by atoms with E-state index < -0.39 is 11.6 Å².